The van der Waals surface area contributed by atoms with Gasteiger partial charge in [0.25, 0.3) is 0 Å². The molecule has 0 atom stereocenters. The van der Waals surface area contributed by atoms with Gasteiger partial charge in [-0.2, -0.15) is 0 Å². The summed E-state index contributed by atoms with van der Waals surface area (Å²) in [7, 11) is 0. The molecule has 1 heteroatoms. The lowest BCUT2D eigenvalue weighted by Crippen LogP contribution is -2.33. The van der Waals surface area contributed by atoms with Gasteiger partial charge in [0.1, 0.15) is 0 Å². The Morgan fingerprint density at radius 2 is 1.74 bits per heavy atom. The zero-order valence-corrected chi connectivity index (χ0v) is 11.5. The number of hydrogen-bond acceptors (Lipinski definition) is 0. The smallest absolute Gasteiger partial charge is 0.0412 e. The van der Waals surface area contributed by atoms with Crippen LogP contribution in [-0.2, 0) is 12.8 Å². The van der Waals surface area contributed by atoms with Crippen LogP contribution in [0.4, 0.5) is 0 Å². The Labute approximate surface area is 118 Å². The number of rotatable bonds is 0. The average molecular weight is 267 g/mol. The van der Waals surface area contributed by atoms with E-state index in [-0.39, 0.29) is 0 Å². The summed E-state index contributed by atoms with van der Waals surface area (Å²) in [5.41, 5.74) is 5.55. The summed E-state index contributed by atoms with van der Waals surface area (Å²) in [5.74, 6) is 0. The predicted molar refractivity (Wildman–Crippen MR) is 81.7 cm³/mol. The van der Waals surface area contributed by atoms with Gasteiger partial charge in [-0.3, -0.25) is 0 Å². The predicted octanol–water partition coefficient (Wildman–Crippen LogP) is 3.46. The van der Waals surface area contributed by atoms with Crippen LogP contribution in [0.5, 0.6) is 0 Å². The van der Waals surface area contributed by atoms with Gasteiger partial charge in [-0.05, 0) is 70.5 Å². The normalized spacial score (nSPS) is 15.6. The largest absolute Gasteiger partial charge is 0.0843 e. The highest BCUT2D eigenvalue weighted by Gasteiger charge is 2.14. The van der Waals surface area contributed by atoms with E-state index in [1.54, 1.807) is 0 Å². The maximum atomic E-state index is 6.17. The van der Waals surface area contributed by atoms with Crippen LogP contribution in [0.2, 0.25) is 5.02 Å². The molecule has 0 amide bonds. The molecule has 0 radical (unpaired) electrons. The van der Waals surface area contributed by atoms with Gasteiger partial charge in [0.15, 0.2) is 0 Å². The zero-order valence-electron chi connectivity index (χ0n) is 10.7. The van der Waals surface area contributed by atoms with Crippen molar-refractivity contribution in [3.63, 3.8) is 0 Å². The first-order valence-corrected chi connectivity index (χ1v) is 7.32. The van der Waals surface area contributed by atoms with Crippen molar-refractivity contribution in [2.75, 3.05) is 0 Å². The number of halogens is 1. The molecular formula is C18H15Cl. The minimum Gasteiger partial charge on any atom is -0.0843 e. The van der Waals surface area contributed by atoms with Crippen molar-refractivity contribution >= 4 is 23.8 Å². The van der Waals surface area contributed by atoms with Crippen molar-refractivity contribution in [2.24, 2.45) is 0 Å². The Balaban J connectivity index is 2.07. The molecule has 2 aliphatic carbocycles. The third-order valence-electron chi connectivity index (χ3n) is 4.26. The molecule has 0 heterocycles. The standard InChI is InChI=1S/C18H15Cl/c19-14-8-5-13-7-9-16-15-4-2-1-3-12(15)6-10-17(16)18(13)11-14/h4-6,8-11H,1-3,7H2. The van der Waals surface area contributed by atoms with Crippen molar-refractivity contribution in [3.8, 4) is 11.1 Å². The molecule has 0 N–H and O–H groups in total. The van der Waals surface area contributed by atoms with Gasteiger partial charge in [-0.1, -0.05) is 42.0 Å². The Morgan fingerprint density at radius 3 is 2.68 bits per heavy atom. The first kappa shape index (κ1) is 11.3. The molecule has 0 unspecified atom stereocenters. The highest BCUT2D eigenvalue weighted by atomic mass is 35.5. The molecule has 0 aromatic heterocycles. The summed E-state index contributed by atoms with van der Waals surface area (Å²) in [6.07, 6.45) is 9.52. The van der Waals surface area contributed by atoms with Crippen molar-refractivity contribution in [1.29, 1.82) is 0 Å². The summed E-state index contributed by atoms with van der Waals surface area (Å²) in [6, 6.07) is 10.8. The molecule has 4 rings (SSSR count). The van der Waals surface area contributed by atoms with Gasteiger partial charge in [0, 0.05) is 5.02 Å². The maximum Gasteiger partial charge on any atom is 0.0412 e. The summed E-state index contributed by atoms with van der Waals surface area (Å²) in [6.45, 7) is 0. The summed E-state index contributed by atoms with van der Waals surface area (Å²) < 4.78 is 0. The van der Waals surface area contributed by atoms with Crippen LogP contribution in [0.3, 0.4) is 0 Å². The van der Waals surface area contributed by atoms with E-state index in [1.165, 1.54) is 52.0 Å². The van der Waals surface area contributed by atoms with Gasteiger partial charge in [-0.15, -0.1) is 0 Å². The van der Waals surface area contributed by atoms with Crippen LogP contribution in [0, 0.1) is 0 Å². The first-order valence-electron chi connectivity index (χ1n) is 6.94. The average Bonchev–Trinajstić information content (AvgIpc) is 2.46. The number of fused-ring (bicyclic) bond motifs is 5. The van der Waals surface area contributed by atoms with E-state index in [0.29, 0.717) is 0 Å². The van der Waals surface area contributed by atoms with E-state index in [9.17, 15) is 0 Å². The van der Waals surface area contributed by atoms with E-state index in [2.05, 4.69) is 36.4 Å². The Morgan fingerprint density at radius 1 is 0.842 bits per heavy atom. The molecule has 0 spiro atoms. The lowest BCUT2D eigenvalue weighted by molar-refractivity contribution is 0.834. The highest BCUT2D eigenvalue weighted by Crippen LogP contribution is 2.28. The monoisotopic (exact) mass is 266 g/mol. The van der Waals surface area contributed by atoms with Crippen LogP contribution in [0.15, 0.2) is 30.3 Å². The summed E-state index contributed by atoms with van der Waals surface area (Å²) in [4.78, 5) is 0. The molecule has 0 aliphatic heterocycles. The molecule has 2 aliphatic rings. The van der Waals surface area contributed by atoms with Gasteiger partial charge < -0.3 is 0 Å². The van der Waals surface area contributed by atoms with Crippen LogP contribution < -0.4 is 10.4 Å². The molecule has 2 aromatic rings. The van der Waals surface area contributed by atoms with E-state index in [0.717, 1.165) is 11.4 Å². The summed E-state index contributed by atoms with van der Waals surface area (Å²) >= 11 is 6.17. The van der Waals surface area contributed by atoms with Crippen LogP contribution in [0.1, 0.15) is 24.0 Å². The Kier molecular flexibility index (Phi) is 2.53. The fourth-order valence-electron chi connectivity index (χ4n) is 3.32. The van der Waals surface area contributed by atoms with E-state index < -0.39 is 0 Å². The molecule has 0 nitrogen and oxygen atoms in total. The second-order valence-corrected chi connectivity index (χ2v) is 5.84. The van der Waals surface area contributed by atoms with Crippen molar-refractivity contribution < 1.29 is 0 Å². The molecule has 19 heavy (non-hydrogen) atoms. The fourth-order valence-corrected chi connectivity index (χ4v) is 3.50. The minimum absolute atomic E-state index is 0.827. The topological polar surface area (TPSA) is 0 Å². The van der Waals surface area contributed by atoms with E-state index >= 15 is 0 Å². The van der Waals surface area contributed by atoms with E-state index in [1.807, 2.05) is 6.07 Å². The summed E-state index contributed by atoms with van der Waals surface area (Å²) in [5, 5.41) is 3.72. The molecule has 0 saturated carbocycles. The van der Waals surface area contributed by atoms with Crippen LogP contribution >= 0.6 is 11.6 Å². The van der Waals surface area contributed by atoms with Crippen LogP contribution in [-0.4, -0.2) is 0 Å². The van der Waals surface area contributed by atoms with Crippen molar-refractivity contribution in [1.82, 2.24) is 0 Å². The second-order valence-electron chi connectivity index (χ2n) is 5.41. The highest BCUT2D eigenvalue weighted by molar-refractivity contribution is 6.30. The fraction of sp³-hybridized carbons (Fsp3) is 0.222. The lowest BCUT2D eigenvalue weighted by Gasteiger charge is -2.18. The van der Waals surface area contributed by atoms with Gasteiger partial charge in [-0.25, -0.2) is 0 Å². The molecule has 2 aromatic carbocycles. The SMILES string of the molecule is Clc1ccc2c(c1)-c1ccc3c(c1=CC2)=CCCC3. The molecule has 0 bridgehead atoms. The third kappa shape index (κ3) is 1.74. The molecule has 94 valence electrons. The molecule has 0 saturated heterocycles. The zero-order chi connectivity index (χ0) is 12.8. The maximum absolute atomic E-state index is 6.17. The Hall–Kier alpha value is -1.53. The molecule has 0 fully saturated rings. The van der Waals surface area contributed by atoms with Crippen molar-refractivity contribution in [2.45, 2.75) is 25.7 Å². The molecular weight excluding hydrogens is 252 g/mol. The number of hydrogen-bond donors (Lipinski definition) is 0. The van der Waals surface area contributed by atoms with Crippen molar-refractivity contribution in [3.05, 3.63) is 56.9 Å². The van der Waals surface area contributed by atoms with Gasteiger partial charge in [0.05, 0.1) is 0 Å². The lowest BCUT2D eigenvalue weighted by atomic mass is 9.87. The Bertz CT molecular complexity index is 784. The first-order chi connectivity index (χ1) is 9.33. The second kappa shape index (κ2) is 4.25. The minimum atomic E-state index is 0.827. The third-order valence-corrected chi connectivity index (χ3v) is 4.50. The number of benzene rings is 2. The van der Waals surface area contributed by atoms with Crippen LogP contribution in [0.25, 0.3) is 23.3 Å². The van der Waals surface area contributed by atoms with E-state index in [4.69, 9.17) is 11.6 Å². The quantitative estimate of drug-likeness (QED) is 0.685. The van der Waals surface area contributed by atoms with Gasteiger partial charge in [0.2, 0.25) is 0 Å². The number of aryl methyl sites for hydroxylation is 1. The van der Waals surface area contributed by atoms with Gasteiger partial charge >= 0.3 is 0 Å².